The Morgan fingerprint density at radius 1 is 1.22 bits per heavy atom. The van der Waals surface area contributed by atoms with Gasteiger partial charge in [-0.05, 0) is 50.2 Å². The summed E-state index contributed by atoms with van der Waals surface area (Å²) in [6.07, 6.45) is 3.26. The zero-order valence-electron chi connectivity index (χ0n) is 15.5. The number of aromatic nitrogens is 3. The van der Waals surface area contributed by atoms with Gasteiger partial charge in [-0.2, -0.15) is 0 Å². The molecule has 0 aliphatic rings. The van der Waals surface area contributed by atoms with Crippen LogP contribution in [0.4, 0.5) is 11.4 Å². The number of anilines is 2. The highest BCUT2D eigenvalue weighted by molar-refractivity contribution is 7.99. The number of furan rings is 1. The molecule has 0 saturated carbocycles. The number of nitrogens with one attached hydrogen (secondary N) is 1. The van der Waals surface area contributed by atoms with E-state index >= 15 is 0 Å². The summed E-state index contributed by atoms with van der Waals surface area (Å²) in [5.74, 6) is 0.992. The van der Waals surface area contributed by atoms with E-state index in [1.165, 1.54) is 11.8 Å². The summed E-state index contributed by atoms with van der Waals surface area (Å²) in [5.41, 5.74) is 1.94. The predicted molar refractivity (Wildman–Crippen MR) is 107 cm³/mol. The maximum atomic E-state index is 12.2. The highest BCUT2D eigenvalue weighted by Crippen LogP contribution is 2.19. The van der Waals surface area contributed by atoms with Crippen LogP contribution in [-0.4, -0.2) is 39.5 Å². The van der Waals surface area contributed by atoms with Crippen molar-refractivity contribution in [1.82, 2.24) is 14.8 Å². The maximum Gasteiger partial charge on any atom is 0.234 e. The second-order valence-electron chi connectivity index (χ2n) is 5.88. The number of benzene rings is 1. The number of amides is 1. The summed E-state index contributed by atoms with van der Waals surface area (Å²) in [4.78, 5) is 14.5. The van der Waals surface area contributed by atoms with Crippen molar-refractivity contribution in [2.24, 2.45) is 0 Å². The molecule has 0 spiro atoms. The topological polar surface area (TPSA) is 76.2 Å². The van der Waals surface area contributed by atoms with E-state index in [-0.39, 0.29) is 11.7 Å². The number of hydrogen-bond acceptors (Lipinski definition) is 6. The average Bonchev–Trinajstić information content (AvgIpc) is 3.35. The molecule has 3 aromatic rings. The Balaban J connectivity index is 1.52. The van der Waals surface area contributed by atoms with Gasteiger partial charge in [0.1, 0.15) is 12.1 Å². The van der Waals surface area contributed by atoms with Gasteiger partial charge in [0.25, 0.3) is 0 Å². The van der Waals surface area contributed by atoms with E-state index in [2.05, 4.69) is 34.3 Å². The van der Waals surface area contributed by atoms with Crippen molar-refractivity contribution < 1.29 is 9.21 Å². The van der Waals surface area contributed by atoms with Gasteiger partial charge >= 0.3 is 0 Å². The first kappa shape index (κ1) is 19.0. The van der Waals surface area contributed by atoms with Crippen LogP contribution in [0.2, 0.25) is 0 Å². The van der Waals surface area contributed by atoms with E-state index in [1.807, 2.05) is 41.0 Å². The lowest BCUT2D eigenvalue weighted by molar-refractivity contribution is -0.113. The van der Waals surface area contributed by atoms with Gasteiger partial charge in [-0.3, -0.25) is 4.79 Å². The van der Waals surface area contributed by atoms with Crippen LogP contribution in [0.1, 0.15) is 19.6 Å². The fourth-order valence-electron chi connectivity index (χ4n) is 2.71. The third-order valence-corrected chi connectivity index (χ3v) is 5.08. The number of nitrogens with zero attached hydrogens (tertiary/aromatic N) is 4. The summed E-state index contributed by atoms with van der Waals surface area (Å²) in [5, 5.41) is 11.6. The van der Waals surface area contributed by atoms with Crippen LogP contribution in [0.15, 0.2) is 58.6 Å². The summed E-state index contributed by atoms with van der Waals surface area (Å²) in [7, 11) is 0. The van der Waals surface area contributed by atoms with Gasteiger partial charge in [0.2, 0.25) is 5.91 Å². The summed E-state index contributed by atoms with van der Waals surface area (Å²) >= 11 is 1.35. The molecule has 1 amide bonds. The minimum atomic E-state index is -0.0804. The Morgan fingerprint density at radius 2 is 2.00 bits per heavy atom. The molecule has 1 aromatic carbocycles. The summed E-state index contributed by atoms with van der Waals surface area (Å²) in [6, 6.07) is 11.6. The quantitative estimate of drug-likeness (QED) is 0.568. The summed E-state index contributed by atoms with van der Waals surface area (Å²) < 4.78 is 7.20. The molecular formula is C19H23N5O2S. The molecule has 0 atom stereocenters. The number of carbonyl (C=O) groups is 1. The molecule has 0 aliphatic heterocycles. The molecule has 0 saturated heterocycles. The second kappa shape index (κ2) is 9.27. The third kappa shape index (κ3) is 5.13. The molecule has 8 heteroatoms. The Bertz CT molecular complexity index is 841. The van der Waals surface area contributed by atoms with Crippen LogP contribution in [0.3, 0.4) is 0 Å². The maximum absolute atomic E-state index is 12.2. The van der Waals surface area contributed by atoms with Gasteiger partial charge in [-0.1, -0.05) is 11.8 Å². The Kier molecular flexibility index (Phi) is 6.54. The molecule has 0 aliphatic carbocycles. The standard InChI is InChI=1S/C19H23N5O2S/c1-3-23(4-2)16-9-7-15(8-10-16)21-18(25)13-27-19-22-20-14-24(19)12-17-6-5-11-26-17/h5-11,14H,3-4,12-13H2,1-2H3,(H,21,25). The van der Waals surface area contributed by atoms with E-state index in [0.717, 1.165) is 30.2 Å². The second-order valence-corrected chi connectivity index (χ2v) is 6.82. The Labute approximate surface area is 162 Å². The molecule has 27 heavy (non-hydrogen) atoms. The van der Waals surface area contributed by atoms with Crippen molar-refractivity contribution in [1.29, 1.82) is 0 Å². The van der Waals surface area contributed by atoms with E-state index in [9.17, 15) is 4.79 Å². The molecule has 0 bridgehead atoms. The van der Waals surface area contributed by atoms with E-state index in [4.69, 9.17) is 4.42 Å². The molecule has 0 radical (unpaired) electrons. The van der Waals surface area contributed by atoms with Gasteiger partial charge in [0.15, 0.2) is 5.16 Å². The van der Waals surface area contributed by atoms with E-state index < -0.39 is 0 Å². The molecule has 1 N–H and O–H groups in total. The van der Waals surface area contributed by atoms with Crippen LogP contribution in [0.25, 0.3) is 0 Å². The lowest BCUT2D eigenvalue weighted by Gasteiger charge is -2.21. The number of hydrogen-bond donors (Lipinski definition) is 1. The molecule has 2 heterocycles. The van der Waals surface area contributed by atoms with E-state index in [0.29, 0.717) is 11.7 Å². The van der Waals surface area contributed by atoms with Crippen LogP contribution in [0, 0.1) is 0 Å². The van der Waals surface area contributed by atoms with E-state index in [1.54, 1.807) is 12.6 Å². The van der Waals surface area contributed by atoms with Crippen molar-refractivity contribution in [3.05, 3.63) is 54.7 Å². The molecular weight excluding hydrogens is 362 g/mol. The van der Waals surface area contributed by atoms with Gasteiger partial charge in [0, 0.05) is 24.5 Å². The molecule has 7 nitrogen and oxygen atoms in total. The highest BCUT2D eigenvalue weighted by Gasteiger charge is 2.11. The largest absolute Gasteiger partial charge is 0.467 e. The smallest absolute Gasteiger partial charge is 0.234 e. The summed E-state index contributed by atoms with van der Waals surface area (Å²) in [6.45, 7) is 6.70. The predicted octanol–water partition coefficient (Wildman–Crippen LogP) is 3.50. The fraction of sp³-hybridized carbons (Fsp3) is 0.316. The first-order valence-electron chi connectivity index (χ1n) is 8.87. The molecule has 0 unspecified atom stereocenters. The van der Waals surface area contributed by atoms with Crippen LogP contribution < -0.4 is 10.2 Å². The normalized spacial score (nSPS) is 10.7. The van der Waals surface area contributed by atoms with Crippen molar-refractivity contribution in [2.75, 3.05) is 29.1 Å². The Morgan fingerprint density at radius 3 is 2.67 bits per heavy atom. The average molecular weight is 385 g/mol. The fourth-order valence-corrected chi connectivity index (χ4v) is 3.42. The van der Waals surface area contributed by atoms with Crippen molar-refractivity contribution in [3.63, 3.8) is 0 Å². The van der Waals surface area contributed by atoms with Gasteiger partial charge in [0.05, 0.1) is 18.6 Å². The molecule has 142 valence electrons. The van der Waals surface area contributed by atoms with Crippen LogP contribution >= 0.6 is 11.8 Å². The van der Waals surface area contributed by atoms with Gasteiger partial charge in [-0.15, -0.1) is 10.2 Å². The van der Waals surface area contributed by atoms with Gasteiger partial charge in [-0.25, -0.2) is 0 Å². The molecule has 0 fully saturated rings. The zero-order valence-corrected chi connectivity index (χ0v) is 16.3. The number of carbonyl (C=O) groups excluding carboxylic acids is 1. The van der Waals surface area contributed by atoms with Crippen molar-refractivity contribution >= 4 is 29.0 Å². The van der Waals surface area contributed by atoms with Crippen LogP contribution in [0.5, 0.6) is 0 Å². The lowest BCUT2D eigenvalue weighted by atomic mass is 10.2. The first-order chi connectivity index (χ1) is 13.2. The third-order valence-electron chi connectivity index (χ3n) is 4.10. The SMILES string of the molecule is CCN(CC)c1ccc(NC(=O)CSc2nncn2Cc2ccco2)cc1. The first-order valence-corrected chi connectivity index (χ1v) is 9.86. The zero-order chi connectivity index (χ0) is 19.1. The Hall–Kier alpha value is -2.74. The van der Waals surface area contributed by atoms with Crippen molar-refractivity contribution in [2.45, 2.75) is 25.5 Å². The minimum absolute atomic E-state index is 0.0804. The molecule has 2 aromatic heterocycles. The van der Waals surface area contributed by atoms with Crippen LogP contribution in [-0.2, 0) is 11.3 Å². The monoisotopic (exact) mass is 385 g/mol. The minimum Gasteiger partial charge on any atom is -0.467 e. The van der Waals surface area contributed by atoms with Gasteiger partial charge < -0.3 is 19.2 Å². The lowest BCUT2D eigenvalue weighted by Crippen LogP contribution is -2.21. The molecule has 3 rings (SSSR count). The number of rotatable bonds is 9. The number of thioether (sulfide) groups is 1. The highest BCUT2D eigenvalue weighted by atomic mass is 32.2. The van der Waals surface area contributed by atoms with Crippen molar-refractivity contribution in [3.8, 4) is 0 Å².